The van der Waals surface area contributed by atoms with Crippen LogP contribution in [0, 0.1) is 13.8 Å². The van der Waals surface area contributed by atoms with Crippen molar-refractivity contribution in [3.8, 4) is 22.4 Å². The zero-order chi connectivity index (χ0) is 19.3. The third-order valence-electron chi connectivity index (χ3n) is 5.28. The first-order valence-electron chi connectivity index (χ1n) is 9.44. The van der Waals surface area contributed by atoms with Crippen molar-refractivity contribution in [2.24, 2.45) is 0 Å². The van der Waals surface area contributed by atoms with Gasteiger partial charge in [0.1, 0.15) is 0 Å². The van der Waals surface area contributed by atoms with Crippen LogP contribution in [0.3, 0.4) is 0 Å². The summed E-state index contributed by atoms with van der Waals surface area (Å²) in [6.45, 7) is 4.08. The molecule has 3 nitrogen and oxygen atoms in total. The van der Waals surface area contributed by atoms with Gasteiger partial charge in [-0.05, 0) is 31.5 Å². The molecule has 0 spiro atoms. The molecule has 0 unspecified atom stereocenters. The van der Waals surface area contributed by atoms with Crippen LogP contribution < -0.4 is 5.56 Å². The summed E-state index contributed by atoms with van der Waals surface area (Å²) < 4.78 is 3.84. The van der Waals surface area contributed by atoms with Crippen LogP contribution in [0.25, 0.3) is 33.3 Å². The van der Waals surface area contributed by atoms with Gasteiger partial charge in [0.2, 0.25) is 0 Å². The van der Waals surface area contributed by atoms with E-state index in [1.807, 2.05) is 37.3 Å². The minimum absolute atomic E-state index is 0.0110. The molecule has 3 heteroatoms. The first-order chi connectivity index (χ1) is 13.6. The number of hydrogen-bond acceptors (Lipinski definition) is 1. The van der Waals surface area contributed by atoms with E-state index in [0.29, 0.717) is 0 Å². The molecule has 0 N–H and O–H groups in total. The molecule has 0 bridgehead atoms. The second kappa shape index (κ2) is 6.24. The highest BCUT2D eigenvalue weighted by atomic mass is 16.1. The van der Waals surface area contributed by atoms with E-state index in [2.05, 4.69) is 60.0 Å². The predicted octanol–water partition coefficient (Wildman–Crippen LogP) is 5.50. The summed E-state index contributed by atoms with van der Waals surface area (Å²) in [5.74, 6) is 0. The Kier molecular flexibility index (Phi) is 3.69. The van der Waals surface area contributed by atoms with E-state index in [1.165, 1.54) is 5.56 Å². The molecule has 0 atom stereocenters. The van der Waals surface area contributed by atoms with Crippen molar-refractivity contribution in [1.29, 1.82) is 0 Å². The van der Waals surface area contributed by atoms with Gasteiger partial charge in [-0.1, -0.05) is 72.3 Å². The SMILES string of the molecule is Cc1ccc2c(c1)c(-c1ccccc1)c(-c1ccccc1)n1c(C)cc(=O)n21. The van der Waals surface area contributed by atoms with Crippen LogP contribution in [0.2, 0.25) is 0 Å². The highest BCUT2D eigenvalue weighted by Crippen LogP contribution is 2.38. The van der Waals surface area contributed by atoms with Gasteiger partial charge in [0.05, 0.1) is 11.2 Å². The standard InChI is InChI=1S/C25H20N2O/c1-17-13-14-22-21(15-17)24(19-9-5-3-6-10-19)25(20-11-7-4-8-12-20)26-18(2)16-23(28)27(22)26/h3-16H,1-2H3. The molecule has 136 valence electrons. The topological polar surface area (TPSA) is 25.9 Å². The summed E-state index contributed by atoms with van der Waals surface area (Å²) in [5.41, 5.74) is 7.40. The molecule has 0 saturated carbocycles. The number of nitrogens with zero attached hydrogens (tertiary/aromatic N) is 2. The average Bonchev–Trinajstić information content (AvgIpc) is 3.02. The smallest absolute Gasteiger partial charge is 0.267 e. The summed E-state index contributed by atoms with van der Waals surface area (Å²) >= 11 is 0. The number of rotatable bonds is 2. The minimum Gasteiger partial charge on any atom is -0.267 e. The van der Waals surface area contributed by atoms with Gasteiger partial charge in [-0.3, -0.25) is 4.79 Å². The van der Waals surface area contributed by atoms with Gasteiger partial charge in [0.25, 0.3) is 5.56 Å². The molecule has 2 aromatic heterocycles. The van der Waals surface area contributed by atoms with Crippen molar-refractivity contribution >= 4 is 10.9 Å². The Balaban J connectivity index is 2.12. The maximum atomic E-state index is 12.9. The molecule has 5 rings (SSSR count). The third-order valence-corrected chi connectivity index (χ3v) is 5.28. The maximum absolute atomic E-state index is 12.9. The lowest BCUT2D eigenvalue weighted by molar-refractivity contribution is 0.813. The van der Waals surface area contributed by atoms with Gasteiger partial charge in [-0.25, -0.2) is 9.03 Å². The lowest BCUT2D eigenvalue weighted by Gasteiger charge is -2.19. The van der Waals surface area contributed by atoms with E-state index in [1.54, 1.807) is 10.6 Å². The fourth-order valence-corrected chi connectivity index (χ4v) is 4.09. The molecule has 0 aliphatic rings. The van der Waals surface area contributed by atoms with Crippen LogP contribution in [0.1, 0.15) is 11.3 Å². The Hall–Kier alpha value is -3.59. The van der Waals surface area contributed by atoms with Crippen LogP contribution in [-0.2, 0) is 0 Å². The quantitative estimate of drug-likeness (QED) is 0.406. The molecule has 0 aliphatic carbocycles. The van der Waals surface area contributed by atoms with E-state index >= 15 is 0 Å². The third kappa shape index (κ3) is 2.40. The summed E-state index contributed by atoms with van der Waals surface area (Å²) in [5, 5.41) is 1.08. The van der Waals surface area contributed by atoms with Crippen LogP contribution in [0.4, 0.5) is 0 Å². The normalized spacial score (nSPS) is 11.4. The molecule has 0 aliphatic heterocycles. The molecule has 28 heavy (non-hydrogen) atoms. The zero-order valence-corrected chi connectivity index (χ0v) is 15.9. The van der Waals surface area contributed by atoms with Gasteiger partial charge in [0.15, 0.2) is 0 Å². The van der Waals surface area contributed by atoms with Crippen molar-refractivity contribution in [3.63, 3.8) is 0 Å². The number of benzene rings is 3. The van der Waals surface area contributed by atoms with E-state index in [4.69, 9.17) is 0 Å². The maximum Gasteiger partial charge on any atom is 0.271 e. The largest absolute Gasteiger partial charge is 0.271 e. The molecular weight excluding hydrogens is 344 g/mol. The molecule has 0 saturated heterocycles. The highest BCUT2D eigenvalue weighted by Gasteiger charge is 2.20. The van der Waals surface area contributed by atoms with Gasteiger partial charge in [-0.2, -0.15) is 0 Å². The summed E-state index contributed by atoms with van der Waals surface area (Å²) in [7, 11) is 0. The fourth-order valence-electron chi connectivity index (χ4n) is 4.09. The van der Waals surface area contributed by atoms with Crippen LogP contribution >= 0.6 is 0 Å². The Morgan fingerprint density at radius 2 is 1.32 bits per heavy atom. The molecule has 0 radical (unpaired) electrons. The zero-order valence-electron chi connectivity index (χ0n) is 15.9. The van der Waals surface area contributed by atoms with Crippen molar-refractivity contribution in [1.82, 2.24) is 9.03 Å². The lowest BCUT2D eigenvalue weighted by Crippen LogP contribution is -2.15. The monoisotopic (exact) mass is 364 g/mol. The van der Waals surface area contributed by atoms with Crippen LogP contribution in [0.15, 0.2) is 89.7 Å². The van der Waals surface area contributed by atoms with Crippen molar-refractivity contribution in [2.75, 3.05) is 0 Å². The summed E-state index contributed by atoms with van der Waals surface area (Å²) in [4.78, 5) is 12.9. The second-order valence-electron chi connectivity index (χ2n) is 7.22. The summed E-state index contributed by atoms with van der Waals surface area (Å²) in [6.07, 6.45) is 0. The predicted molar refractivity (Wildman–Crippen MR) is 115 cm³/mol. The minimum atomic E-state index is -0.0110. The Morgan fingerprint density at radius 1 is 0.679 bits per heavy atom. The fraction of sp³-hybridized carbons (Fsp3) is 0.0800. The molecule has 0 amide bonds. The molecule has 0 fully saturated rings. The number of aryl methyl sites for hydroxylation is 2. The van der Waals surface area contributed by atoms with Gasteiger partial charge in [0, 0.05) is 28.3 Å². The Morgan fingerprint density at radius 3 is 2.00 bits per heavy atom. The molecular formula is C25H20N2O. The van der Waals surface area contributed by atoms with Crippen molar-refractivity contribution < 1.29 is 0 Å². The highest BCUT2D eigenvalue weighted by molar-refractivity contribution is 6.01. The first-order valence-corrected chi connectivity index (χ1v) is 9.44. The van der Waals surface area contributed by atoms with E-state index in [-0.39, 0.29) is 5.56 Å². The van der Waals surface area contributed by atoms with Crippen LogP contribution in [0.5, 0.6) is 0 Å². The number of aromatic nitrogens is 2. The number of fused-ring (bicyclic) bond motifs is 3. The van der Waals surface area contributed by atoms with Crippen molar-refractivity contribution in [3.05, 3.63) is 107 Å². The first kappa shape index (κ1) is 16.6. The van der Waals surface area contributed by atoms with Gasteiger partial charge >= 0.3 is 0 Å². The second-order valence-corrected chi connectivity index (χ2v) is 7.22. The molecule has 2 heterocycles. The van der Waals surface area contributed by atoms with E-state index in [9.17, 15) is 4.79 Å². The van der Waals surface area contributed by atoms with Gasteiger partial charge in [-0.15, -0.1) is 0 Å². The lowest BCUT2D eigenvalue weighted by atomic mass is 9.94. The molecule has 3 aromatic carbocycles. The Labute approximate surface area is 163 Å². The molecule has 5 aromatic rings. The van der Waals surface area contributed by atoms with E-state index < -0.39 is 0 Å². The Bertz CT molecular complexity index is 1380. The number of hydrogen-bond donors (Lipinski definition) is 0. The summed E-state index contributed by atoms with van der Waals surface area (Å²) in [6, 6.07) is 28.7. The van der Waals surface area contributed by atoms with Crippen molar-refractivity contribution in [2.45, 2.75) is 13.8 Å². The van der Waals surface area contributed by atoms with Crippen LogP contribution in [-0.4, -0.2) is 9.03 Å². The van der Waals surface area contributed by atoms with Gasteiger partial charge < -0.3 is 0 Å². The van der Waals surface area contributed by atoms with E-state index in [0.717, 1.165) is 39.0 Å². The average molecular weight is 364 g/mol.